The zero-order valence-electron chi connectivity index (χ0n) is 10.2. The summed E-state index contributed by atoms with van der Waals surface area (Å²) in [5.74, 6) is 0.812. The van der Waals surface area contributed by atoms with Crippen LogP contribution in [0.5, 0.6) is 0 Å². The zero-order chi connectivity index (χ0) is 12.6. The molecule has 5 heteroatoms. The molecule has 1 aliphatic rings. The Balaban J connectivity index is 1.84. The first-order valence-corrected chi connectivity index (χ1v) is 6.43. The molecule has 0 amide bonds. The molecule has 0 spiro atoms. The normalized spacial score (nSPS) is 18.5. The van der Waals surface area contributed by atoms with Crippen molar-refractivity contribution in [3.8, 4) is 0 Å². The van der Waals surface area contributed by atoms with Gasteiger partial charge in [0.2, 0.25) is 0 Å². The molecule has 0 heterocycles. The fourth-order valence-electron chi connectivity index (χ4n) is 2.24. The number of halogens is 3. The third kappa shape index (κ3) is 8.44. The van der Waals surface area contributed by atoms with Crippen LogP contribution >= 0.6 is 0 Å². The van der Waals surface area contributed by atoms with Crippen molar-refractivity contribution in [2.24, 2.45) is 5.92 Å². The molecule has 1 rings (SSSR count). The molecule has 0 unspecified atom stereocenters. The molecule has 0 bridgehead atoms. The van der Waals surface area contributed by atoms with E-state index in [9.17, 15) is 13.2 Å². The average Bonchev–Trinajstić information content (AvgIpc) is 2.28. The minimum Gasteiger partial charge on any atom is -0.371 e. The lowest BCUT2D eigenvalue weighted by Gasteiger charge is -2.21. The van der Waals surface area contributed by atoms with Gasteiger partial charge in [0.1, 0.15) is 6.61 Å². The monoisotopic (exact) mass is 253 g/mol. The van der Waals surface area contributed by atoms with Gasteiger partial charge in [-0.05, 0) is 18.9 Å². The second-order valence-corrected chi connectivity index (χ2v) is 4.71. The van der Waals surface area contributed by atoms with Crippen molar-refractivity contribution in [2.45, 2.75) is 44.7 Å². The van der Waals surface area contributed by atoms with Crippen molar-refractivity contribution in [2.75, 3.05) is 26.3 Å². The molecule has 0 aliphatic heterocycles. The lowest BCUT2D eigenvalue weighted by atomic mass is 9.87. The zero-order valence-corrected chi connectivity index (χ0v) is 10.2. The van der Waals surface area contributed by atoms with Gasteiger partial charge in [-0.3, -0.25) is 0 Å². The van der Waals surface area contributed by atoms with E-state index in [4.69, 9.17) is 0 Å². The van der Waals surface area contributed by atoms with Crippen LogP contribution in [-0.2, 0) is 4.74 Å². The molecule has 1 N–H and O–H groups in total. The highest BCUT2D eigenvalue weighted by Gasteiger charge is 2.27. The maximum Gasteiger partial charge on any atom is 0.411 e. The van der Waals surface area contributed by atoms with Gasteiger partial charge in [0.25, 0.3) is 0 Å². The number of rotatable bonds is 7. The first-order valence-electron chi connectivity index (χ1n) is 6.43. The summed E-state index contributed by atoms with van der Waals surface area (Å²) in [7, 11) is 0. The lowest BCUT2D eigenvalue weighted by molar-refractivity contribution is -0.173. The predicted octanol–water partition coefficient (Wildman–Crippen LogP) is 3.13. The Morgan fingerprint density at radius 2 is 1.76 bits per heavy atom. The van der Waals surface area contributed by atoms with Crippen LogP contribution in [0.15, 0.2) is 0 Å². The van der Waals surface area contributed by atoms with E-state index in [0.29, 0.717) is 6.54 Å². The van der Waals surface area contributed by atoms with Crippen molar-refractivity contribution in [3.05, 3.63) is 0 Å². The summed E-state index contributed by atoms with van der Waals surface area (Å²) in [6, 6.07) is 0. The second-order valence-electron chi connectivity index (χ2n) is 4.71. The minimum absolute atomic E-state index is 0.129. The third-order valence-electron chi connectivity index (χ3n) is 3.14. The van der Waals surface area contributed by atoms with E-state index in [0.717, 1.165) is 18.9 Å². The predicted molar refractivity (Wildman–Crippen MR) is 60.9 cm³/mol. The second kappa shape index (κ2) is 7.93. The van der Waals surface area contributed by atoms with Crippen LogP contribution in [0, 0.1) is 5.92 Å². The van der Waals surface area contributed by atoms with Gasteiger partial charge in [-0.1, -0.05) is 32.1 Å². The Kier molecular flexibility index (Phi) is 6.89. The van der Waals surface area contributed by atoms with Crippen molar-refractivity contribution >= 4 is 0 Å². The Labute approximate surface area is 101 Å². The van der Waals surface area contributed by atoms with Gasteiger partial charge in [0, 0.05) is 6.54 Å². The van der Waals surface area contributed by atoms with Gasteiger partial charge in [-0.2, -0.15) is 13.2 Å². The molecular weight excluding hydrogens is 231 g/mol. The van der Waals surface area contributed by atoms with Gasteiger partial charge < -0.3 is 10.1 Å². The SMILES string of the molecule is FC(F)(F)COCCNCCC1CCCCC1. The van der Waals surface area contributed by atoms with E-state index in [1.807, 2.05) is 0 Å². The van der Waals surface area contributed by atoms with Crippen molar-refractivity contribution in [3.63, 3.8) is 0 Å². The highest BCUT2D eigenvalue weighted by molar-refractivity contribution is 4.66. The summed E-state index contributed by atoms with van der Waals surface area (Å²) < 4.78 is 39.7. The van der Waals surface area contributed by atoms with Crippen molar-refractivity contribution in [1.29, 1.82) is 0 Å². The van der Waals surface area contributed by atoms with Gasteiger partial charge in [0.05, 0.1) is 6.61 Å². The van der Waals surface area contributed by atoms with Crippen LogP contribution in [0.2, 0.25) is 0 Å². The highest BCUT2D eigenvalue weighted by atomic mass is 19.4. The third-order valence-corrected chi connectivity index (χ3v) is 3.14. The quantitative estimate of drug-likeness (QED) is 0.704. The number of hydrogen-bond acceptors (Lipinski definition) is 2. The van der Waals surface area contributed by atoms with E-state index in [1.165, 1.54) is 32.1 Å². The molecule has 1 saturated carbocycles. The van der Waals surface area contributed by atoms with Gasteiger partial charge in [0.15, 0.2) is 0 Å². The molecule has 1 aliphatic carbocycles. The van der Waals surface area contributed by atoms with E-state index in [-0.39, 0.29) is 6.61 Å². The van der Waals surface area contributed by atoms with Crippen molar-refractivity contribution < 1.29 is 17.9 Å². The first-order chi connectivity index (χ1) is 8.08. The molecule has 0 aromatic heterocycles. The molecular formula is C12H22F3NO. The van der Waals surface area contributed by atoms with Gasteiger partial charge in [-0.25, -0.2) is 0 Å². The summed E-state index contributed by atoms with van der Waals surface area (Å²) in [6.07, 6.45) is 3.58. The summed E-state index contributed by atoms with van der Waals surface area (Å²) in [5, 5.41) is 3.13. The molecule has 0 aromatic carbocycles. The molecule has 17 heavy (non-hydrogen) atoms. The Hall–Kier alpha value is -0.290. The molecule has 0 atom stereocenters. The molecule has 2 nitrogen and oxygen atoms in total. The van der Waals surface area contributed by atoms with E-state index in [1.54, 1.807) is 0 Å². The van der Waals surface area contributed by atoms with Crippen LogP contribution in [0.1, 0.15) is 38.5 Å². The van der Waals surface area contributed by atoms with Crippen LogP contribution in [0.25, 0.3) is 0 Å². The van der Waals surface area contributed by atoms with Crippen LogP contribution in [0.4, 0.5) is 13.2 Å². The molecule has 0 radical (unpaired) electrons. The molecule has 0 saturated heterocycles. The molecule has 1 fully saturated rings. The van der Waals surface area contributed by atoms with Gasteiger partial charge in [-0.15, -0.1) is 0 Å². The summed E-state index contributed by atoms with van der Waals surface area (Å²) >= 11 is 0. The topological polar surface area (TPSA) is 21.3 Å². The number of alkyl halides is 3. The standard InChI is InChI=1S/C12H22F3NO/c13-12(14,15)10-17-9-8-16-7-6-11-4-2-1-3-5-11/h11,16H,1-10H2. The Bertz CT molecular complexity index is 191. The van der Waals surface area contributed by atoms with Crippen LogP contribution in [-0.4, -0.2) is 32.5 Å². The Morgan fingerprint density at radius 1 is 1.06 bits per heavy atom. The number of nitrogens with one attached hydrogen (secondary N) is 1. The summed E-state index contributed by atoms with van der Waals surface area (Å²) in [6.45, 7) is 0.379. The summed E-state index contributed by atoms with van der Waals surface area (Å²) in [5.41, 5.74) is 0. The average molecular weight is 253 g/mol. The molecule has 0 aromatic rings. The summed E-state index contributed by atoms with van der Waals surface area (Å²) in [4.78, 5) is 0. The fraction of sp³-hybridized carbons (Fsp3) is 1.00. The molecule has 102 valence electrons. The number of hydrogen-bond donors (Lipinski definition) is 1. The number of ether oxygens (including phenoxy) is 1. The maximum atomic E-state index is 11.7. The largest absolute Gasteiger partial charge is 0.411 e. The smallest absolute Gasteiger partial charge is 0.371 e. The van der Waals surface area contributed by atoms with Crippen LogP contribution in [0.3, 0.4) is 0 Å². The highest BCUT2D eigenvalue weighted by Crippen LogP contribution is 2.25. The van der Waals surface area contributed by atoms with Gasteiger partial charge >= 0.3 is 6.18 Å². The van der Waals surface area contributed by atoms with E-state index >= 15 is 0 Å². The van der Waals surface area contributed by atoms with E-state index < -0.39 is 12.8 Å². The van der Waals surface area contributed by atoms with E-state index in [2.05, 4.69) is 10.1 Å². The minimum atomic E-state index is -4.21. The lowest BCUT2D eigenvalue weighted by Crippen LogP contribution is -2.25. The maximum absolute atomic E-state index is 11.7. The van der Waals surface area contributed by atoms with Crippen LogP contribution < -0.4 is 5.32 Å². The Morgan fingerprint density at radius 3 is 2.41 bits per heavy atom. The fourth-order valence-corrected chi connectivity index (χ4v) is 2.24. The first kappa shape index (κ1) is 14.8. The van der Waals surface area contributed by atoms with Crippen molar-refractivity contribution in [1.82, 2.24) is 5.32 Å².